The zero-order valence-corrected chi connectivity index (χ0v) is 9.40. The molecule has 90 valence electrons. The van der Waals surface area contributed by atoms with E-state index < -0.39 is 12.0 Å². The van der Waals surface area contributed by atoms with Crippen LogP contribution in [-0.4, -0.2) is 23.0 Å². The lowest BCUT2D eigenvalue weighted by molar-refractivity contribution is -0.138. The molecule has 0 aliphatic carbocycles. The summed E-state index contributed by atoms with van der Waals surface area (Å²) in [4.78, 5) is 22.4. The second kappa shape index (κ2) is 4.55. The maximum absolute atomic E-state index is 11.7. The Morgan fingerprint density at radius 2 is 2.06 bits per heavy atom. The fraction of sp³-hybridized carbons (Fsp3) is 0.333. The summed E-state index contributed by atoms with van der Waals surface area (Å²) in [7, 11) is 0. The van der Waals surface area contributed by atoms with Crippen LogP contribution in [0.25, 0.3) is 0 Å². The molecule has 2 rings (SSSR count). The third-order valence-electron chi connectivity index (χ3n) is 2.70. The van der Waals surface area contributed by atoms with E-state index in [1.54, 1.807) is 12.1 Å². The van der Waals surface area contributed by atoms with Crippen LogP contribution in [-0.2, 0) is 22.7 Å². The highest BCUT2D eigenvalue weighted by Gasteiger charge is 2.17. The quantitative estimate of drug-likeness (QED) is 0.816. The van der Waals surface area contributed by atoms with Crippen LogP contribution in [0, 0.1) is 0 Å². The second-order valence-electron chi connectivity index (χ2n) is 4.01. The number of benzene rings is 1. The van der Waals surface area contributed by atoms with Gasteiger partial charge in [-0.15, -0.1) is 0 Å². The van der Waals surface area contributed by atoms with E-state index in [2.05, 4.69) is 5.32 Å². The number of carboxylic acids is 1. The van der Waals surface area contributed by atoms with Crippen LogP contribution in [0.3, 0.4) is 0 Å². The molecule has 0 saturated heterocycles. The molecule has 1 aromatic rings. The second-order valence-corrected chi connectivity index (χ2v) is 4.01. The predicted octanol–water partition coefficient (Wildman–Crippen LogP) is 0.920. The number of carbonyl (C=O) groups is 2. The first-order chi connectivity index (χ1) is 8.08. The summed E-state index contributed by atoms with van der Waals surface area (Å²) < 4.78 is 5.24. The smallest absolute Gasteiger partial charge is 0.325 e. The van der Waals surface area contributed by atoms with Gasteiger partial charge in [-0.25, -0.2) is 0 Å². The number of ether oxygens (including phenoxy) is 1. The van der Waals surface area contributed by atoms with Gasteiger partial charge in [0.05, 0.1) is 13.2 Å². The number of carbonyl (C=O) groups excluding carboxylic acids is 1. The highest BCUT2D eigenvalue weighted by Crippen LogP contribution is 2.20. The maximum atomic E-state index is 11.7. The number of aliphatic carboxylic acids is 1. The molecular formula is C12H13NO4. The summed E-state index contributed by atoms with van der Waals surface area (Å²) in [6.45, 7) is 2.50. The van der Waals surface area contributed by atoms with Crippen LogP contribution in [0.5, 0.6) is 0 Å². The standard InChI is InChI=1S/C12H13NO4/c1-7(12(15)16)13-11(14)8-2-3-9-5-17-6-10(9)4-8/h2-4,7H,5-6H2,1H3,(H,13,14)(H,15,16)/t7-/m0/s1. The Morgan fingerprint density at radius 3 is 2.76 bits per heavy atom. The van der Waals surface area contributed by atoms with Gasteiger partial charge >= 0.3 is 5.97 Å². The van der Waals surface area contributed by atoms with Crippen LogP contribution in [0.15, 0.2) is 18.2 Å². The molecule has 1 atom stereocenters. The van der Waals surface area contributed by atoms with Crippen molar-refractivity contribution in [1.29, 1.82) is 0 Å². The van der Waals surface area contributed by atoms with Gasteiger partial charge in [0.2, 0.25) is 0 Å². The monoisotopic (exact) mass is 235 g/mol. The van der Waals surface area contributed by atoms with Gasteiger partial charge in [0.1, 0.15) is 6.04 Å². The SMILES string of the molecule is C[C@H](NC(=O)c1ccc2c(c1)COC2)C(=O)O. The van der Waals surface area contributed by atoms with Gasteiger partial charge in [-0.2, -0.15) is 0 Å². The number of hydrogen-bond acceptors (Lipinski definition) is 3. The van der Waals surface area contributed by atoms with E-state index in [1.165, 1.54) is 6.92 Å². The highest BCUT2D eigenvalue weighted by atomic mass is 16.5. The molecule has 1 amide bonds. The topological polar surface area (TPSA) is 75.6 Å². The third kappa shape index (κ3) is 2.45. The largest absolute Gasteiger partial charge is 0.480 e. The van der Waals surface area contributed by atoms with E-state index in [1.807, 2.05) is 6.07 Å². The lowest BCUT2D eigenvalue weighted by atomic mass is 10.1. The normalized spacial score (nSPS) is 15.1. The molecule has 0 radical (unpaired) electrons. The molecule has 0 aromatic heterocycles. The van der Waals surface area contributed by atoms with E-state index in [0.717, 1.165) is 11.1 Å². The average molecular weight is 235 g/mol. The van der Waals surface area contributed by atoms with Gasteiger partial charge in [-0.1, -0.05) is 6.07 Å². The minimum Gasteiger partial charge on any atom is -0.480 e. The van der Waals surface area contributed by atoms with Crippen molar-refractivity contribution in [1.82, 2.24) is 5.32 Å². The molecule has 0 saturated carbocycles. The fourth-order valence-corrected chi connectivity index (χ4v) is 1.65. The first kappa shape index (κ1) is 11.6. The molecule has 1 aliphatic rings. The van der Waals surface area contributed by atoms with Crippen molar-refractivity contribution in [2.75, 3.05) is 0 Å². The number of amides is 1. The lowest BCUT2D eigenvalue weighted by Crippen LogP contribution is -2.38. The fourth-order valence-electron chi connectivity index (χ4n) is 1.65. The first-order valence-electron chi connectivity index (χ1n) is 5.31. The van der Waals surface area contributed by atoms with Crippen LogP contribution in [0.1, 0.15) is 28.4 Å². The summed E-state index contributed by atoms with van der Waals surface area (Å²) in [5.74, 6) is -1.43. The van der Waals surface area contributed by atoms with Gasteiger partial charge in [0.25, 0.3) is 5.91 Å². The summed E-state index contributed by atoms with van der Waals surface area (Å²) in [5, 5.41) is 11.1. The third-order valence-corrected chi connectivity index (χ3v) is 2.70. The Kier molecular flexibility index (Phi) is 3.10. The maximum Gasteiger partial charge on any atom is 0.325 e. The number of fused-ring (bicyclic) bond motifs is 1. The Labute approximate surface area is 98.4 Å². The predicted molar refractivity (Wildman–Crippen MR) is 59.5 cm³/mol. The van der Waals surface area contributed by atoms with Crippen molar-refractivity contribution < 1.29 is 19.4 Å². The van der Waals surface area contributed by atoms with Crippen LogP contribution >= 0.6 is 0 Å². The molecule has 0 unspecified atom stereocenters. The summed E-state index contributed by atoms with van der Waals surface area (Å²) in [5.41, 5.74) is 2.52. The molecular weight excluding hydrogens is 222 g/mol. The van der Waals surface area contributed by atoms with Crippen molar-refractivity contribution in [2.45, 2.75) is 26.2 Å². The van der Waals surface area contributed by atoms with Crippen LogP contribution < -0.4 is 5.32 Å². The summed E-state index contributed by atoms with van der Waals surface area (Å²) >= 11 is 0. The molecule has 1 heterocycles. The van der Waals surface area contributed by atoms with E-state index >= 15 is 0 Å². The van der Waals surface area contributed by atoms with Gasteiger partial charge < -0.3 is 15.2 Å². The summed E-state index contributed by atoms with van der Waals surface area (Å²) in [6.07, 6.45) is 0. The van der Waals surface area contributed by atoms with Gasteiger partial charge in [-0.3, -0.25) is 9.59 Å². The first-order valence-corrected chi connectivity index (χ1v) is 5.31. The van der Waals surface area contributed by atoms with E-state index in [-0.39, 0.29) is 5.91 Å². The number of rotatable bonds is 3. The lowest BCUT2D eigenvalue weighted by Gasteiger charge is -2.09. The Bertz CT molecular complexity index is 470. The van der Waals surface area contributed by atoms with Gasteiger partial charge in [0.15, 0.2) is 0 Å². The van der Waals surface area contributed by atoms with Crippen LogP contribution in [0.2, 0.25) is 0 Å². The molecule has 0 bridgehead atoms. The van der Waals surface area contributed by atoms with Gasteiger partial charge in [-0.05, 0) is 30.2 Å². The highest BCUT2D eigenvalue weighted by molar-refractivity contribution is 5.96. The van der Waals surface area contributed by atoms with E-state index in [4.69, 9.17) is 9.84 Å². The van der Waals surface area contributed by atoms with Crippen molar-refractivity contribution in [3.63, 3.8) is 0 Å². The molecule has 17 heavy (non-hydrogen) atoms. The minimum atomic E-state index is -1.05. The molecule has 1 aliphatic heterocycles. The van der Waals surface area contributed by atoms with E-state index in [0.29, 0.717) is 18.8 Å². The Balaban J connectivity index is 2.12. The minimum absolute atomic E-state index is 0.380. The van der Waals surface area contributed by atoms with Crippen LogP contribution in [0.4, 0.5) is 0 Å². The number of nitrogens with one attached hydrogen (secondary N) is 1. The molecule has 1 aromatic carbocycles. The number of hydrogen-bond donors (Lipinski definition) is 2. The summed E-state index contributed by atoms with van der Waals surface area (Å²) in [6, 6.07) is 4.36. The molecule has 5 nitrogen and oxygen atoms in total. The van der Waals surface area contributed by atoms with Crippen molar-refractivity contribution in [2.24, 2.45) is 0 Å². The zero-order chi connectivity index (χ0) is 12.4. The molecule has 2 N–H and O–H groups in total. The zero-order valence-electron chi connectivity index (χ0n) is 9.40. The van der Waals surface area contributed by atoms with Crippen molar-refractivity contribution in [3.8, 4) is 0 Å². The van der Waals surface area contributed by atoms with E-state index in [9.17, 15) is 9.59 Å². The van der Waals surface area contributed by atoms with Crippen molar-refractivity contribution in [3.05, 3.63) is 34.9 Å². The Morgan fingerprint density at radius 1 is 1.35 bits per heavy atom. The molecule has 0 fully saturated rings. The van der Waals surface area contributed by atoms with Crippen molar-refractivity contribution >= 4 is 11.9 Å². The Hall–Kier alpha value is -1.88. The number of carboxylic acid groups (broad SMARTS) is 1. The van der Waals surface area contributed by atoms with Gasteiger partial charge in [0, 0.05) is 5.56 Å². The molecule has 0 spiro atoms. The molecule has 5 heteroatoms. The average Bonchev–Trinajstić information content (AvgIpc) is 2.75.